The first-order valence-electron chi connectivity index (χ1n) is 29.1. The van der Waals surface area contributed by atoms with Crippen LogP contribution in [-0.2, 0) is 0 Å². The summed E-state index contributed by atoms with van der Waals surface area (Å²) >= 11 is 8.15. The van der Waals surface area contributed by atoms with Crippen molar-refractivity contribution in [3.8, 4) is 35.8 Å². The van der Waals surface area contributed by atoms with E-state index in [0.29, 0.717) is 28.4 Å². The zero-order chi connectivity index (χ0) is 65.0. The number of nitrogens with two attached hydrogens (primary N) is 1. The van der Waals surface area contributed by atoms with Gasteiger partial charge in [0.15, 0.2) is 0 Å². The van der Waals surface area contributed by atoms with E-state index in [1.54, 1.807) is 18.7 Å². The number of alkyl halides is 6. The summed E-state index contributed by atoms with van der Waals surface area (Å²) in [5, 5.41) is 17.1. The highest BCUT2D eigenvalue weighted by Gasteiger charge is 2.53. The molecule has 0 aromatic heterocycles. The molecule has 8 fully saturated rings. The van der Waals surface area contributed by atoms with Gasteiger partial charge in [-0.05, 0) is 190 Å². The summed E-state index contributed by atoms with van der Waals surface area (Å²) in [6.07, 6.45) is 22.9. The Hall–Kier alpha value is -0.610. The minimum absolute atomic E-state index is 0.0972. The number of nitrogens with zero attached hydrogens (tertiary/aromatic N) is 2. The van der Waals surface area contributed by atoms with Crippen molar-refractivity contribution in [1.82, 2.24) is 0 Å². The third-order valence-corrected chi connectivity index (χ3v) is 15.1. The maximum atomic E-state index is 11.5. The molecule has 0 amide bonds. The van der Waals surface area contributed by atoms with E-state index in [2.05, 4.69) is 179 Å². The van der Waals surface area contributed by atoms with Gasteiger partial charge in [-0.3, -0.25) is 0 Å². The van der Waals surface area contributed by atoms with Gasteiger partial charge in [-0.2, -0.15) is 82.5 Å². The van der Waals surface area contributed by atoms with Crippen molar-refractivity contribution in [2.75, 3.05) is 49.0 Å². The third-order valence-electron chi connectivity index (χ3n) is 11.7. The van der Waals surface area contributed by atoms with Gasteiger partial charge in [-0.25, -0.2) is 13.2 Å². The van der Waals surface area contributed by atoms with Crippen molar-refractivity contribution in [3.63, 3.8) is 0 Å². The largest absolute Gasteiger partial charge is 0.397 e. The van der Waals surface area contributed by atoms with Crippen LogP contribution in [-0.4, -0.2) is 82.8 Å². The van der Waals surface area contributed by atoms with Crippen LogP contribution in [0.3, 0.4) is 0 Å². The minimum Gasteiger partial charge on any atom is -0.325 e. The van der Waals surface area contributed by atoms with E-state index < -0.39 is 24.0 Å². The SMILES string of the molecule is CC#CC(C)(C)C.CC#CC(C)C.CC1(C#N)CC1.CC1(C)CC1.CC1(C)CC1.CC1(N)CC1.CC1CC1.CCSC.CSC.CSC(C)(C)C.CSC(C)C.CSCC(F)(F)F.C[C@@H]1CC1F.C[C@H]1CC1(F)F.C[C@H]1CC1C#N. The molecule has 2 N–H and O–H groups in total. The molecule has 0 radical (unpaired) electrons. The van der Waals surface area contributed by atoms with Crippen LogP contribution in [0.2, 0.25) is 0 Å². The first-order valence-corrected chi connectivity index (χ1v) is 36.1. The Bertz CT molecular complexity index is 1580. The topological polar surface area (TPSA) is 73.6 Å². The van der Waals surface area contributed by atoms with Gasteiger partial charge in [-0.1, -0.05) is 130 Å². The maximum absolute atomic E-state index is 11.5. The highest BCUT2D eigenvalue weighted by Crippen LogP contribution is 2.48. The molecule has 8 rings (SSSR count). The number of hydrogen-bond donors (Lipinski definition) is 1. The molecule has 0 aromatic rings. The third kappa shape index (κ3) is 106. The first kappa shape index (κ1) is 93.1. The van der Waals surface area contributed by atoms with Crippen LogP contribution < -0.4 is 5.73 Å². The van der Waals surface area contributed by atoms with Crippen LogP contribution in [0.15, 0.2) is 0 Å². The second-order valence-electron chi connectivity index (χ2n) is 26.7. The standard InChI is InChI=1S/C7H12.C6H10.2C5H7N.C5H12S.2C5H10.C4H6F2.C4H7F.C4H9N.C4H10S.C4H8.C3H5F3S.C3H8S.C2H6S/c1-5-6-7(2,3)4;1-4-5-6(2)3;1-4-2-5(4)3-6;1-5(4-6)2-3-5;1-5(2,3)6-4;2*1-5(2)3-4-5;1-3-2-4(3,5)6;1-3-2-4(3)5;1-4(5)2-3-4;1-4(2)5-3;1-4-2-3-4;1-7-2-3(4,5)6;1-3-4-2;1-3-2/h1-4H3;6H,1-3H3;4-5H,2H2,1H3;2-3H2,1H3;1-4H3;2*3-4H2,1-2H3;3H,2H2,1H3;3-4H,2H2,1H3;2-3,5H2,1H3;4H,1-3H3;4H,2-3H2,1H3;2H2,1H3;3H2,1-2H3;1-2H3/t;;4-,5?;;;;;3-;3-,4?;;;;;;/m..0....01....../s1. The lowest BCUT2D eigenvalue weighted by Crippen LogP contribution is -2.14. The molecule has 0 aromatic carbocycles. The Morgan fingerprint density at radius 2 is 0.950 bits per heavy atom. The molecule has 5 atom stereocenters. The predicted octanol–water partition coefficient (Wildman–Crippen LogP) is 22.9. The zero-order valence-corrected chi connectivity index (χ0v) is 61.1. The van der Waals surface area contributed by atoms with E-state index in [-0.39, 0.29) is 28.7 Å². The molecule has 0 spiro atoms. The lowest BCUT2D eigenvalue weighted by molar-refractivity contribution is -0.105. The monoisotopic (exact) mass is 1240 g/mol. The average molecular weight is 1240 g/mol. The summed E-state index contributed by atoms with van der Waals surface area (Å²) in [6.45, 7) is 48.4. The fourth-order valence-corrected chi connectivity index (χ4v) is 3.45. The quantitative estimate of drug-likeness (QED) is 0.221. The second-order valence-corrected chi connectivity index (χ2v) is 32.6. The van der Waals surface area contributed by atoms with Gasteiger partial charge < -0.3 is 5.73 Å². The second kappa shape index (κ2) is 49.5. The maximum Gasteiger partial charge on any atom is 0.397 e. The van der Waals surface area contributed by atoms with Gasteiger partial charge in [0.05, 0.1) is 23.3 Å². The predicted molar refractivity (Wildman–Crippen MR) is 361 cm³/mol. The van der Waals surface area contributed by atoms with Gasteiger partial charge in [0.2, 0.25) is 0 Å². The van der Waals surface area contributed by atoms with Crippen LogP contribution in [0.25, 0.3) is 0 Å². The molecule has 80 heavy (non-hydrogen) atoms. The minimum atomic E-state index is -3.99. The van der Waals surface area contributed by atoms with Gasteiger partial charge in [-0.15, -0.1) is 17.8 Å². The van der Waals surface area contributed by atoms with E-state index in [9.17, 15) is 26.3 Å². The highest BCUT2D eigenvalue weighted by atomic mass is 32.2. The van der Waals surface area contributed by atoms with Crippen LogP contribution >= 0.6 is 58.8 Å². The Morgan fingerprint density at radius 3 is 0.950 bits per heavy atom. The molecule has 2 unspecified atom stereocenters. The highest BCUT2D eigenvalue weighted by molar-refractivity contribution is 8.00. The van der Waals surface area contributed by atoms with E-state index in [1.165, 1.54) is 63.4 Å². The van der Waals surface area contributed by atoms with Crippen LogP contribution in [0, 0.1) is 104 Å². The molecule has 8 aliphatic rings. The molecule has 0 bridgehead atoms. The Balaban J connectivity index is -0.000000143. The van der Waals surface area contributed by atoms with Crippen molar-refractivity contribution < 1.29 is 26.3 Å². The number of nitriles is 2. The first-order chi connectivity index (χ1) is 36.1. The molecule has 8 aliphatic carbocycles. The Morgan fingerprint density at radius 1 is 0.662 bits per heavy atom. The summed E-state index contributed by atoms with van der Waals surface area (Å²) in [5.41, 5.74) is 7.50. The molecule has 8 saturated carbocycles. The van der Waals surface area contributed by atoms with E-state index in [4.69, 9.17) is 16.3 Å². The summed E-state index contributed by atoms with van der Waals surface area (Å²) in [7, 11) is 0. The van der Waals surface area contributed by atoms with Crippen molar-refractivity contribution in [2.45, 2.75) is 277 Å². The Labute approximate surface area is 516 Å². The van der Waals surface area contributed by atoms with Crippen LogP contribution in [0.4, 0.5) is 26.3 Å². The summed E-state index contributed by atoms with van der Waals surface area (Å²) in [5.74, 6) is 12.6. The van der Waals surface area contributed by atoms with E-state index >= 15 is 0 Å². The normalized spacial score (nSPS) is 22.5. The smallest absolute Gasteiger partial charge is 0.325 e. The average Bonchev–Trinajstić information content (AvgIpc) is 4.13. The fourth-order valence-electron chi connectivity index (χ4n) is 3.12. The van der Waals surface area contributed by atoms with Gasteiger partial charge in [0.25, 0.3) is 5.92 Å². The summed E-state index contributed by atoms with van der Waals surface area (Å²) in [6, 6.07) is 4.40. The van der Waals surface area contributed by atoms with E-state index in [1.807, 2.05) is 75.5 Å². The van der Waals surface area contributed by atoms with Gasteiger partial charge in [0.1, 0.15) is 6.17 Å². The zero-order valence-electron chi connectivity index (χ0n) is 57.0. The van der Waals surface area contributed by atoms with Crippen LogP contribution in [0.1, 0.15) is 243 Å². The van der Waals surface area contributed by atoms with Crippen molar-refractivity contribution in [3.05, 3.63) is 0 Å². The molecule has 3 nitrogen and oxygen atoms in total. The fraction of sp³-hybridized carbons (Fsp3) is 0.909. The summed E-state index contributed by atoms with van der Waals surface area (Å²) in [4.78, 5) is 0. The molecule has 0 aliphatic heterocycles. The molecule has 0 saturated heterocycles. The Kier molecular flexibility index (Phi) is 57.6. The number of hydrogen-bond acceptors (Lipinski definition) is 8. The lowest BCUT2D eigenvalue weighted by atomic mass is 9.98. The van der Waals surface area contributed by atoms with Crippen molar-refractivity contribution in [1.29, 1.82) is 10.5 Å². The summed E-state index contributed by atoms with van der Waals surface area (Å²) < 4.78 is 68.1. The molecule has 14 heteroatoms. The van der Waals surface area contributed by atoms with Gasteiger partial charge in [0, 0.05) is 39.9 Å². The number of rotatable bonds is 3. The molecule has 0 heterocycles. The van der Waals surface area contributed by atoms with Crippen molar-refractivity contribution in [2.24, 2.45) is 62.9 Å². The molecular weight excluding hydrogens is 1110 g/mol. The molecule has 478 valence electrons. The number of halogens is 6. The van der Waals surface area contributed by atoms with Crippen LogP contribution in [0.5, 0.6) is 0 Å². The van der Waals surface area contributed by atoms with E-state index in [0.717, 1.165) is 59.4 Å². The number of thioether (sulfide) groups is 5. The van der Waals surface area contributed by atoms with Gasteiger partial charge >= 0.3 is 6.18 Å². The molecular formula is C66H127F6N3S5. The lowest BCUT2D eigenvalue weighted by Gasteiger charge is -2.12. The van der Waals surface area contributed by atoms with Crippen molar-refractivity contribution >= 4 is 58.8 Å².